The molecule has 1 unspecified atom stereocenters. The molecule has 1 aromatic rings. The Morgan fingerprint density at radius 3 is 3.29 bits per heavy atom. The van der Waals surface area contributed by atoms with Crippen molar-refractivity contribution in [3.63, 3.8) is 0 Å². The molecule has 1 atom stereocenters. The highest BCUT2D eigenvalue weighted by atomic mass is 32.1. The van der Waals surface area contributed by atoms with Gasteiger partial charge in [-0.1, -0.05) is 5.16 Å². The van der Waals surface area contributed by atoms with Crippen LogP contribution in [0.25, 0.3) is 0 Å². The number of fused-ring (bicyclic) bond motifs is 1. The molecule has 1 aromatic heterocycles. The second-order valence-corrected chi connectivity index (χ2v) is 5.05. The Morgan fingerprint density at radius 1 is 1.71 bits per heavy atom. The summed E-state index contributed by atoms with van der Waals surface area (Å²) in [6, 6.07) is 2.02. The number of hydrogen-bond donors (Lipinski definition) is 3. The second-order valence-electron chi connectivity index (χ2n) is 4.05. The van der Waals surface area contributed by atoms with Crippen LogP contribution in [0.2, 0.25) is 0 Å². The predicted octanol–water partition coefficient (Wildman–Crippen LogP) is 1.03. The van der Waals surface area contributed by atoms with Crippen molar-refractivity contribution in [2.24, 2.45) is 10.9 Å². The van der Waals surface area contributed by atoms with Crippen LogP contribution in [0.5, 0.6) is 0 Å². The molecule has 0 saturated carbocycles. The maximum absolute atomic E-state index is 12.0. The Morgan fingerprint density at radius 2 is 2.53 bits per heavy atom. The third-order valence-corrected chi connectivity index (χ3v) is 3.94. The largest absolute Gasteiger partial charge is 0.409 e. The summed E-state index contributed by atoms with van der Waals surface area (Å²) in [6.07, 6.45) is 2.97. The molecule has 0 radical (unpaired) electrons. The van der Waals surface area contributed by atoms with Crippen LogP contribution in [0.15, 0.2) is 16.6 Å². The third kappa shape index (κ3) is 2.58. The van der Waals surface area contributed by atoms with Crippen molar-refractivity contribution >= 4 is 23.1 Å². The number of carbonyl (C=O) groups is 1. The molecular formula is C11H15N3O2S. The summed E-state index contributed by atoms with van der Waals surface area (Å²) in [4.78, 5) is 13.3. The maximum Gasteiger partial charge on any atom is 0.227 e. The highest BCUT2D eigenvalue weighted by Crippen LogP contribution is 2.34. The summed E-state index contributed by atoms with van der Waals surface area (Å²) in [5.74, 6) is -0.118. The van der Waals surface area contributed by atoms with Gasteiger partial charge in [0.1, 0.15) is 0 Å². The molecule has 1 aliphatic rings. The fraction of sp³-hybridized carbons (Fsp3) is 0.455. The predicted molar refractivity (Wildman–Crippen MR) is 66.4 cm³/mol. The summed E-state index contributed by atoms with van der Waals surface area (Å²) in [5.41, 5.74) is 6.45. The number of rotatable bonds is 3. The van der Waals surface area contributed by atoms with Gasteiger partial charge in [0, 0.05) is 4.88 Å². The molecule has 92 valence electrons. The van der Waals surface area contributed by atoms with E-state index in [0.717, 1.165) is 24.8 Å². The zero-order valence-electron chi connectivity index (χ0n) is 9.35. The van der Waals surface area contributed by atoms with Crippen molar-refractivity contribution in [2.75, 3.05) is 6.54 Å². The quantitative estimate of drug-likeness (QED) is 0.325. The lowest BCUT2D eigenvalue weighted by Crippen LogP contribution is -2.37. The molecule has 0 spiro atoms. The van der Waals surface area contributed by atoms with E-state index >= 15 is 0 Å². The number of nitrogens with two attached hydrogens (primary N) is 1. The molecule has 2 rings (SSSR count). The number of aryl methyl sites for hydroxylation is 1. The molecule has 0 bridgehead atoms. The van der Waals surface area contributed by atoms with Crippen LogP contribution in [0, 0.1) is 0 Å². The SMILES string of the molecule is N/C(CNC(=O)C1CCCc2sccc21)=N/O. The van der Waals surface area contributed by atoms with Crippen LogP contribution in [0.4, 0.5) is 0 Å². The summed E-state index contributed by atoms with van der Waals surface area (Å²) < 4.78 is 0. The Bertz CT molecular complexity index is 442. The van der Waals surface area contributed by atoms with E-state index in [2.05, 4.69) is 10.5 Å². The van der Waals surface area contributed by atoms with Crippen LogP contribution in [-0.2, 0) is 11.2 Å². The van der Waals surface area contributed by atoms with Crippen LogP contribution in [0.3, 0.4) is 0 Å². The number of hydrogen-bond acceptors (Lipinski definition) is 4. The van der Waals surface area contributed by atoms with Crippen molar-refractivity contribution in [3.05, 3.63) is 21.9 Å². The molecular weight excluding hydrogens is 238 g/mol. The molecule has 1 aliphatic carbocycles. The molecule has 1 amide bonds. The van der Waals surface area contributed by atoms with Gasteiger partial charge in [-0.15, -0.1) is 11.3 Å². The zero-order chi connectivity index (χ0) is 12.3. The molecule has 0 aromatic carbocycles. The first kappa shape index (κ1) is 11.9. The average Bonchev–Trinajstić information content (AvgIpc) is 2.83. The van der Waals surface area contributed by atoms with E-state index in [9.17, 15) is 4.79 Å². The van der Waals surface area contributed by atoms with E-state index in [1.54, 1.807) is 11.3 Å². The number of amidine groups is 1. The number of nitrogens with one attached hydrogen (secondary N) is 1. The highest BCUT2D eigenvalue weighted by molar-refractivity contribution is 7.10. The van der Waals surface area contributed by atoms with Gasteiger partial charge in [0.05, 0.1) is 12.5 Å². The minimum Gasteiger partial charge on any atom is -0.409 e. The van der Waals surface area contributed by atoms with E-state index in [-0.39, 0.29) is 24.2 Å². The van der Waals surface area contributed by atoms with E-state index in [1.165, 1.54) is 4.88 Å². The number of amides is 1. The molecule has 5 nitrogen and oxygen atoms in total. The number of carbonyl (C=O) groups excluding carboxylic acids is 1. The van der Waals surface area contributed by atoms with Gasteiger partial charge < -0.3 is 16.3 Å². The maximum atomic E-state index is 12.0. The molecule has 1 heterocycles. The van der Waals surface area contributed by atoms with Gasteiger partial charge in [0.25, 0.3) is 0 Å². The Balaban J connectivity index is 2.02. The lowest BCUT2D eigenvalue weighted by Gasteiger charge is -2.21. The normalized spacial score (nSPS) is 19.8. The number of thiophene rings is 1. The fourth-order valence-corrected chi connectivity index (χ4v) is 3.08. The summed E-state index contributed by atoms with van der Waals surface area (Å²) in [7, 11) is 0. The fourth-order valence-electron chi connectivity index (χ4n) is 2.09. The van der Waals surface area contributed by atoms with Crippen molar-refractivity contribution in [1.82, 2.24) is 5.32 Å². The molecule has 4 N–H and O–H groups in total. The highest BCUT2D eigenvalue weighted by Gasteiger charge is 2.26. The first-order valence-corrected chi connectivity index (χ1v) is 6.40. The monoisotopic (exact) mass is 253 g/mol. The summed E-state index contributed by atoms with van der Waals surface area (Å²) in [6.45, 7) is 0.0886. The van der Waals surface area contributed by atoms with E-state index in [0.29, 0.717) is 0 Å². The molecule has 0 fully saturated rings. The zero-order valence-corrected chi connectivity index (χ0v) is 10.2. The van der Waals surface area contributed by atoms with Gasteiger partial charge >= 0.3 is 0 Å². The Labute approximate surface area is 103 Å². The number of nitrogens with zero attached hydrogens (tertiary/aromatic N) is 1. The third-order valence-electron chi connectivity index (χ3n) is 2.94. The van der Waals surface area contributed by atoms with Gasteiger partial charge in [-0.3, -0.25) is 4.79 Å². The smallest absolute Gasteiger partial charge is 0.227 e. The minimum absolute atomic E-state index is 0.0136. The average molecular weight is 253 g/mol. The van der Waals surface area contributed by atoms with Crippen molar-refractivity contribution < 1.29 is 10.0 Å². The van der Waals surface area contributed by atoms with Crippen molar-refractivity contribution in [1.29, 1.82) is 0 Å². The molecule has 0 saturated heterocycles. The summed E-state index contributed by atoms with van der Waals surface area (Å²) >= 11 is 1.71. The van der Waals surface area contributed by atoms with Gasteiger partial charge in [-0.05, 0) is 36.3 Å². The van der Waals surface area contributed by atoms with Crippen LogP contribution < -0.4 is 11.1 Å². The van der Waals surface area contributed by atoms with Gasteiger partial charge in [-0.25, -0.2) is 0 Å². The van der Waals surface area contributed by atoms with Crippen molar-refractivity contribution in [2.45, 2.75) is 25.2 Å². The van der Waals surface area contributed by atoms with Crippen molar-refractivity contribution in [3.8, 4) is 0 Å². The van der Waals surface area contributed by atoms with Gasteiger partial charge in [0.2, 0.25) is 5.91 Å². The minimum atomic E-state index is -0.0866. The van der Waals surface area contributed by atoms with E-state index in [4.69, 9.17) is 10.9 Å². The Hall–Kier alpha value is -1.56. The lowest BCUT2D eigenvalue weighted by molar-refractivity contribution is -0.122. The molecule has 0 aliphatic heterocycles. The van der Waals surface area contributed by atoms with E-state index < -0.39 is 0 Å². The molecule has 17 heavy (non-hydrogen) atoms. The summed E-state index contributed by atoms with van der Waals surface area (Å²) in [5, 5.41) is 15.9. The molecule has 6 heteroatoms. The van der Waals surface area contributed by atoms with E-state index in [1.807, 2.05) is 11.4 Å². The number of oxime groups is 1. The Kier molecular flexibility index (Phi) is 3.63. The lowest BCUT2D eigenvalue weighted by atomic mass is 9.87. The van der Waals surface area contributed by atoms with Crippen LogP contribution in [0.1, 0.15) is 29.2 Å². The first-order valence-electron chi connectivity index (χ1n) is 5.52. The van der Waals surface area contributed by atoms with Gasteiger partial charge in [0.15, 0.2) is 5.84 Å². The second kappa shape index (κ2) is 5.18. The van der Waals surface area contributed by atoms with Gasteiger partial charge in [-0.2, -0.15) is 0 Å². The topological polar surface area (TPSA) is 87.7 Å². The first-order chi connectivity index (χ1) is 8.22. The van der Waals surface area contributed by atoms with Crippen LogP contribution >= 0.6 is 11.3 Å². The van der Waals surface area contributed by atoms with Crippen LogP contribution in [-0.4, -0.2) is 23.5 Å². The standard InChI is InChI=1S/C11H15N3O2S/c12-10(14-16)6-13-11(15)8-2-1-3-9-7(8)4-5-17-9/h4-5,8,16H,1-3,6H2,(H2,12,14)(H,13,15).